The lowest BCUT2D eigenvalue weighted by Gasteiger charge is -2.32. The van der Waals surface area contributed by atoms with Crippen molar-refractivity contribution in [3.63, 3.8) is 0 Å². The minimum atomic E-state index is -0.331. The summed E-state index contributed by atoms with van der Waals surface area (Å²) >= 11 is 0. The molecule has 0 spiro atoms. The van der Waals surface area contributed by atoms with Crippen molar-refractivity contribution in [1.82, 2.24) is 5.32 Å². The van der Waals surface area contributed by atoms with Crippen molar-refractivity contribution in [2.75, 3.05) is 6.54 Å². The van der Waals surface area contributed by atoms with Crippen LogP contribution in [0.2, 0.25) is 0 Å². The molecule has 1 aromatic carbocycles. The number of carbonyl (C=O) groups excluding carboxylic acids is 1. The molecule has 0 aliphatic heterocycles. The van der Waals surface area contributed by atoms with Gasteiger partial charge in [-0.25, -0.2) is 4.39 Å². The molecule has 1 saturated carbocycles. The zero-order valence-corrected chi connectivity index (χ0v) is 13.3. The molecule has 1 aliphatic carbocycles. The summed E-state index contributed by atoms with van der Waals surface area (Å²) in [5.74, 6) is -0.0959. The van der Waals surface area contributed by atoms with E-state index < -0.39 is 0 Å². The average molecular weight is 291 g/mol. The van der Waals surface area contributed by atoms with E-state index in [1.807, 2.05) is 32.9 Å². The summed E-state index contributed by atoms with van der Waals surface area (Å²) in [5.41, 5.74) is 0.798. The van der Waals surface area contributed by atoms with Gasteiger partial charge in [0.1, 0.15) is 5.82 Å². The summed E-state index contributed by atoms with van der Waals surface area (Å²) in [5, 5.41) is 3.14. The van der Waals surface area contributed by atoms with Gasteiger partial charge >= 0.3 is 0 Å². The molecule has 1 amide bonds. The van der Waals surface area contributed by atoms with Gasteiger partial charge in [0.05, 0.1) is 0 Å². The fourth-order valence-corrected chi connectivity index (χ4v) is 3.07. The van der Waals surface area contributed by atoms with E-state index in [-0.39, 0.29) is 22.6 Å². The van der Waals surface area contributed by atoms with E-state index >= 15 is 0 Å². The number of carbonyl (C=O) groups is 1. The lowest BCUT2D eigenvalue weighted by molar-refractivity contribution is -0.129. The molecule has 0 heterocycles. The Hall–Kier alpha value is -1.38. The third-order valence-electron chi connectivity index (χ3n) is 5.10. The number of hydrogen-bond donors (Lipinski definition) is 1. The molecular formula is C18H26FNO. The third kappa shape index (κ3) is 3.45. The monoisotopic (exact) mass is 291 g/mol. The lowest BCUT2D eigenvalue weighted by Crippen LogP contribution is -2.44. The molecule has 0 radical (unpaired) electrons. The Kier molecular flexibility index (Phi) is 4.70. The van der Waals surface area contributed by atoms with Crippen molar-refractivity contribution in [3.8, 4) is 0 Å². The van der Waals surface area contributed by atoms with Gasteiger partial charge in [0.2, 0.25) is 5.91 Å². The van der Waals surface area contributed by atoms with Crippen LogP contribution in [0, 0.1) is 11.2 Å². The SMILES string of the molecule is CCC(C)(C)C(=O)NCC1(c2ccc(F)cc2)CCCC1. The molecule has 0 aromatic heterocycles. The second kappa shape index (κ2) is 6.17. The van der Waals surface area contributed by atoms with Gasteiger partial charge in [0.25, 0.3) is 0 Å². The number of nitrogens with one attached hydrogen (secondary N) is 1. The van der Waals surface area contributed by atoms with Crippen molar-refractivity contribution >= 4 is 5.91 Å². The highest BCUT2D eigenvalue weighted by atomic mass is 19.1. The Morgan fingerprint density at radius 1 is 1.24 bits per heavy atom. The van der Waals surface area contributed by atoms with Crippen molar-refractivity contribution in [2.45, 2.75) is 58.3 Å². The average Bonchev–Trinajstić information content (AvgIpc) is 2.95. The zero-order valence-electron chi connectivity index (χ0n) is 13.3. The molecule has 2 nitrogen and oxygen atoms in total. The van der Waals surface area contributed by atoms with Crippen LogP contribution in [0.5, 0.6) is 0 Å². The fraction of sp³-hybridized carbons (Fsp3) is 0.611. The first-order valence-electron chi connectivity index (χ1n) is 7.94. The topological polar surface area (TPSA) is 29.1 Å². The van der Waals surface area contributed by atoms with Crippen LogP contribution < -0.4 is 5.32 Å². The Labute approximate surface area is 127 Å². The molecule has 0 bridgehead atoms. The van der Waals surface area contributed by atoms with Crippen LogP contribution >= 0.6 is 0 Å². The molecular weight excluding hydrogens is 265 g/mol. The Bertz CT molecular complexity index is 486. The largest absolute Gasteiger partial charge is 0.355 e. The first-order valence-corrected chi connectivity index (χ1v) is 7.94. The molecule has 0 unspecified atom stereocenters. The smallest absolute Gasteiger partial charge is 0.225 e. The van der Waals surface area contributed by atoms with Crippen LogP contribution in [0.1, 0.15) is 58.4 Å². The van der Waals surface area contributed by atoms with Gasteiger partial charge in [0, 0.05) is 17.4 Å². The molecule has 0 atom stereocenters. The second-order valence-corrected chi connectivity index (χ2v) is 6.91. The third-order valence-corrected chi connectivity index (χ3v) is 5.10. The zero-order chi connectivity index (χ0) is 15.5. The van der Waals surface area contributed by atoms with Crippen LogP contribution in [0.4, 0.5) is 4.39 Å². The summed E-state index contributed by atoms with van der Waals surface area (Å²) in [4.78, 5) is 12.3. The summed E-state index contributed by atoms with van der Waals surface area (Å²) in [6, 6.07) is 6.79. The maximum atomic E-state index is 13.1. The molecule has 1 fully saturated rings. The highest BCUT2D eigenvalue weighted by Crippen LogP contribution is 2.40. The summed E-state index contributed by atoms with van der Waals surface area (Å²) < 4.78 is 13.1. The standard InChI is InChI=1S/C18H26FNO/c1-4-17(2,3)16(21)20-13-18(11-5-6-12-18)14-7-9-15(19)10-8-14/h7-10H,4-6,11-13H2,1-3H3,(H,20,21). The molecule has 1 aliphatic rings. The van der Waals surface area contributed by atoms with E-state index in [0.717, 1.165) is 24.8 Å². The van der Waals surface area contributed by atoms with Gasteiger partial charge in [0.15, 0.2) is 0 Å². The highest BCUT2D eigenvalue weighted by Gasteiger charge is 2.37. The maximum Gasteiger partial charge on any atom is 0.225 e. The summed E-state index contributed by atoms with van der Waals surface area (Å²) in [6.07, 6.45) is 5.29. The number of hydrogen-bond acceptors (Lipinski definition) is 1. The second-order valence-electron chi connectivity index (χ2n) is 6.91. The first kappa shape index (κ1) is 16.0. The van der Waals surface area contributed by atoms with Crippen molar-refractivity contribution < 1.29 is 9.18 Å². The van der Waals surface area contributed by atoms with Gasteiger partial charge in [-0.05, 0) is 37.0 Å². The predicted molar refractivity (Wildman–Crippen MR) is 83.6 cm³/mol. The van der Waals surface area contributed by atoms with E-state index in [4.69, 9.17) is 0 Å². The normalized spacial score (nSPS) is 17.7. The van der Waals surface area contributed by atoms with Crippen LogP contribution in [0.3, 0.4) is 0 Å². The molecule has 0 saturated heterocycles. The van der Waals surface area contributed by atoms with Crippen LogP contribution in [-0.4, -0.2) is 12.5 Å². The van der Waals surface area contributed by atoms with Crippen LogP contribution in [0.25, 0.3) is 0 Å². The molecule has 1 N–H and O–H groups in total. The highest BCUT2D eigenvalue weighted by molar-refractivity contribution is 5.81. The number of benzene rings is 1. The van der Waals surface area contributed by atoms with E-state index in [1.54, 1.807) is 0 Å². The lowest BCUT2D eigenvalue weighted by atomic mass is 9.78. The maximum absolute atomic E-state index is 13.1. The minimum Gasteiger partial charge on any atom is -0.355 e. The van der Waals surface area contributed by atoms with Crippen molar-refractivity contribution in [3.05, 3.63) is 35.6 Å². The van der Waals surface area contributed by atoms with Crippen molar-refractivity contribution in [2.24, 2.45) is 5.41 Å². The van der Waals surface area contributed by atoms with Gasteiger partial charge in [-0.3, -0.25) is 4.79 Å². The van der Waals surface area contributed by atoms with Crippen molar-refractivity contribution in [1.29, 1.82) is 0 Å². The minimum absolute atomic E-state index is 0.0207. The summed E-state index contributed by atoms with van der Waals surface area (Å²) in [6.45, 7) is 6.63. The molecule has 21 heavy (non-hydrogen) atoms. The van der Waals surface area contributed by atoms with E-state index in [1.165, 1.54) is 25.0 Å². The summed E-state index contributed by atoms with van der Waals surface area (Å²) in [7, 11) is 0. The van der Waals surface area contributed by atoms with Gasteiger partial charge in [-0.2, -0.15) is 0 Å². The molecule has 116 valence electrons. The van der Waals surface area contributed by atoms with Gasteiger partial charge in [-0.15, -0.1) is 0 Å². The van der Waals surface area contributed by atoms with E-state index in [2.05, 4.69) is 5.32 Å². The van der Waals surface area contributed by atoms with E-state index in [9.17, 15) is 9.18 Å². The van der Waals surface area contributed by atoms with E-state index in [0.29, 0.717) is 6.54 Å². The fourth-order valence-electron chi connectivity index (χ4n) is 3.07. The Morgan fingerprint density at radius 3 is 2.33 bits per heavy atom. The number of rotatable bonds is 5. The predicted octanol–water partition coefficient (Wildman–Crippen LogP) is 4.19. The van der Waals surface area contributed by atoms with Gasteiger partial charge < -0.3 is 5.32 Å². The number of halogens is 1. The molecule has 3 heteroatoms. The quantitative estimate of drug-likeness (QED) is 0.866. The number of amides is 1. The molecule has 2 rings (SSSR count). The Morgan fingerprint density at radius 2 is 1.81 bits per heavy atom. The molecule has 1 aromatic rings. The Balaban J connectivity index is 2.13. The van der Waals surface area contributed by atoms with Gasteiger partial charge in [-0.1, -0.05) is 45.7 Å². The van der Waals surface area contributed by atoms with Crippen LogP contribution in [-0.2, 0) is 10.2 Å². The first-order chi connectivity index (χ1) is 9.89. The van der Waals surface area contributed by atoms with Crippen LogP contribution in [0.15, 0.2) is 24.3 Å².